The zero-order valence-electron chi connectivity index (χ0n) is 17.9. The standard InChI is InChI=1S/C22H27NO7/c1-6-23(13-15-7-10-18(27-3)20(11-15)29-5)21(24)14-30-22(25)17-9-8-16(26-2)12-19(17)28-4/h7-12H,6,13-14H2,1-5H3. The van der Waals surface area contributed by atoms with Crippen molar-refractivity contribution in [2.75, 3.05) is 41.6 Å². The Labute approximate surface area is 176 Å². The van der Waals surface area contributed by atoms with Gasteiger partial charge in [-0.15, -0.1) is 0 Å². The number of rotatable bonds is 10. The fourth-order valence-corrected chi connectivity index (χ4v) is 2.84. The van der Waals surface area contributed by atoms with Gasteiger partial charge in [-0.2, -0.15) is 0 Å². The van der Waals surface area contributed by atoms with Gasteiger partial charge in [0.25, 0.3) is 5.91 Å². The Balaban J connectivity index is 2.03. The third-order valence-corrected chi connectivity index (χ3v) is 4.51. The van der Waals surface area contributed by atoms with E-state index in [-0.39, 0.29) is 18.1 Å². The van der Waals surface area contributed by atoms with Crippen molar-refractivity contribution < 1.29 is 33.3 Å². The van der Waals surface area contributed by atoms with Crippen LogP contribution in [0.3, 0.4) is 0 Å². The van der Waals surface area contributed by atoms with Crippen molar-refractivity contribution in [1.82, 2.24) is 4.90 Å². The third-order valence-electron chi connectivity index (χ3n) is 4.51. The summed E-state index contributed by atoms with van der Waals surface area (Å²) in [6.07, 6.45) is 0. The Morgan fingerprint density at radius 3 is 2.13 bits per heavy atom. The van der Waals surface area contributed by atoms with Crippen LogP contribution in [-0.2, 0) is 16.1 Å². The monoisotopic (exact) mass is 417 g/mol. The molecule has 0 aliphatic carbocycles. The lowest BCUT2D eigenvalue weighted by atomic mass is 10.2. The van der Waals surface area contributed by atoms with E-state index in [1.165, 1.54) is 20.3 Å². The lowest BCUT2D eigenvalue weighted by Crippen LogP contribution is -2.34. The van der Waals surface area contributed by atoms with Gasteiger partial charge in [-0.25, -0.2) is 4.79 Å². The molecule has 1 amide bonds. The van der Waals surface area contributed by atoms with E-state index in [2.05, 4.69) is 0 Å². The van der Waals surface area contributed by atoms with Crippen LogP contribution < -0.4 is 18.9 Å². The quantitative estimate of drug-likeness (QED) is 0.550. The van der Waals surface area contributed by atoms with Gasteiger partial charge in [0.05, 0.1) is 28.4 Å². The number of carbonyl (C=O) groups is 2. The molecule has 8 nitrogen and oxygen atoms in total. The maximum atomic E-state index is 12.6. The molecule has 2 aromatic carbocycles. The maximum Gasteiger partial charge on any atom is 0.342 e. The summed E-state index contributed by atoms with van der Waals surface area (Å²) in [6.45, 7) is 2.28. The molecule has 0 aromatic heterocycles. The molecule has 0 unspecified atom stereocenters. The van der Waals surface area contributed by atoms with Gasteiger partial charge in [0, 0.05) is 19.2 Å². The highest BCUT2D eigenvalue weighted by atomic mass is 16.5. The van der Waals surface area contributed by atoms with Gasteiger partial charge >= 0.3 is 5.97 Å². The number of hydrogen-bond acceptors (Lipinski definition) is 7. The van der Waals surface area contributed by atoms with E-state index in [1.807, 2.05) is 19.1 Å². The van der Waals surface area contributed by atoms with Crippen LogP contribution in [0.4, 0.5) is 0 Å². The Kier molecular flexibility index (Phi) is 8.34. The van der Waals surface area contributed by atoms with Crippen LogP contribution in [0.1, 0.15) is 22.8 Å². The van der Waals surface area contributed by atoms with E-state index in [0.29, 0.717) is 36.1 Å². The van der Waals surface area contributed by atoms with Crippen molar-refractivity contribution in [3.05, 3.63) is 47.5 Å². The average molecular weight is 417 g/mol. The lowest BCUT2D eigenvalue weighted by molar-refractivity contribution is -0.134. The highest BCUT2D eigenvalue weighted by Crippen LogP contribution is 2.28. The Morgan fingerprint density at radius 1 is 0.833 bits per heavy atom. The smallest absolute Gasteiger partial charge is 0.342 e. The minimum atomic E-state index is -0.648. The molecular weight excluding hydrogens is 390 g/mol. The van der Waals surface area contributed by atoms with Crippen molar-refractivity contribution in [3.8, 4) is 23.0 Å². The first-order valence-corrected chi connectivity index (χ1v) is 9.35. The number of carbonyl (C=O) groups excluding carboxylic acids is 2. The van der Waals surface area contributed by atoms with Gasteiger partial charge in [0.1, 0.15) is 17.1 Å². The molecule has 0 aliphatic rings. The number of hydrogen-bond donors (Lipinski definition) is 0. The summed E-state index contributed by atoms with van der Waals surface area (Å²) >= 11 is 0. The molecule has 0 saturated heterocycles. The lowest BCUT2D eigenvalue weighted by Gasteiger charge is -2.21. The number of nitrogens with zero attached hydrogens (tertiary/aromatic N) is 1. The molecule has 30 heavy (non-hydrogen) atoms. The van der Waals surface area contributed by atoms with Crippen molar-refractivity contribution in [1.29, 1.82) is 0 Å². The molecule has 0 atom stereocenters. The third kappa shape index (κ3) is 5.56. The van der Waals surface area contributed by atoms with Gasteiger partial charge in [-0.3, -0.25) is 4.79 Å². The first kappa shape index (κ1) is 22.9. The van der Waals surface area contributed by atoms with Crippen LogP contribution in [0.2, 0.25) is 0 Å². The fourth-order valence-electron chi connectivity index (χ4n) is 2.84. The second-order valence-corrected chi connectivity index (χ2v) is 6.24. The van der Waals surface area contributed by atoms with Crippen molar-refractivity contribution >= 4 is 11.9 Å². The van der Waals surface area contributed by atoms with Crippen LogP contribution >= 0.6 is 0 Å². The molecule has 162 valence electrons. The summed E-state index contributed by atoms with van der Waals surface area (Å²) in [6, 6.07) is 10.2. The number of methoxy groups -OCH3 is 4. The van der Waals surface area contributed by atoms with E-state index in [1.54, 1.807) is 37.3 Å². The van der Waals surface area contributed by atoms with E-state index in [9.17, 15) is 9.59 Å². The SMILES string of the molecule is CCN(Cc1ccc(OC)c(OC)c1)C(=O)COC(=O)c1ccc(OC)cc1OC. The normalized spacial score (nSPS) is 10.2. The first-order valence-electron chi connectivity index (χ1n) is 9.35. The van der Waals surface area contributed by atoms with Crippen LogP contribution in [0, 0.1) is 0 Å². The van der Waals surface area contributed by atoms with E-state index in [4.69, 9.17) is 23.7 Å². The van der Waals surface area contributed by atoms with E-state index >= 15 is 0 Å². The Bertz CT molecular complexity index is 882. The number of ether oxygens (including phenoxy) is 5. The zero-order valence-corrected chi connectivity index (χ0v) is 17.9. The molecule has 0 fully saturated rings. The predicted octanol–water partition coefficient (Wildman–Crippen LogP) is 2.93. The van der Waals surface area contributed by atoms with Gasteiger partial charge in [0.2, 0.25) is 0 Å². The summed E-state index contributed by atoms with van der Waals surface area (Å²) in [5.41, 5.74) is 1.08. The van der Waals surface area contributed by atoms with Crippen LogP contribution in [-0.4, -0.2) is 58.4 Å². The van der Waals surface area contributed by atoms with Gasteiger partial charge in [-0.05, 0) is 36.8 Å². The molecule has 0 spiro atoms. The van der Waals surface area contributed by atoms with Crippen molar-refractivity contribution in [3.63, 3.8) is 0 Å². The largest absolute Gasteiger partial charge is 0.497 e. The summed E-state index contributed by atoms with van der Waals surface area (Å²) < 4.78 is 26.1. The number of amides is 1. The topological polar surface area (TPSA) is 83.5 Å². The highest BCUT2D eigenvalue weighted by Gasteiger charge is 2.19. The zero-order chi connectivity index (χ0) is 22.1. The molecule has 8 heteroatoms. The molecule has 0 bridgehead atoms. The second-order valence-electron chi connectivity index (χ2n) is 6.24. The second kappa shape index (κ2) is 10.9. The Morgan fingerprint density at radius 2 is 1.53 bits per heavy atom. The highest BCUT2D eigenvalue weighted by molar-refractivity contribution is 5.94. The van der Waals surface area contributed by atoms with E-state index in [0.717, 1.165) is 5.56 Å². The number of esters is 1. The van der Waals surface area contributed by atoms with Crippen LogP contribution in [0.5, 0.6) is 23.0 Å². The number of likely N-dealkylation sites (N-methyl/N-ethyl adjacent to an activating group) is 1. The van der Waals surface area contributed by atoms with Crippen LogP contribution in [0.15, 0.2) is 36.4 Å². The minimum absolute atomic E-state index is 0.217. The molecule has 0 heterocycles. The summed E-state index contributed by atoms with van der Waals surface area (Å²) in [5, 5.41) is 0. The number of benzene rings is 2. The minimum Gasteiger partial charge on any atom is -0.497 e. The summed E-state index contributed by atoms with van der Waals surface area (Å²) in [5.74, 6) is 1.09. The van der Waals surface area contributed by atoms with Gasteiger partial charge in [0.15, 0.2) is 18.1 Å². The molecular formula is C22H27NO7. The summed E-state index contributed by atoms with van der Waals surface area (Å²) in [7, 11) is 6.07. The van der Waals surface area contributed by atoms with E-state index < -0.39 is 5.97 Å². The van der Waals surface area contributed by atoms with Crippen molar-refractivity contribution in [2.45, 2.75) is 13.5 Å². The maximum absolute atomic E-state index is 12.6. The fraction of sp³-hybridized carbons (Fsp3) is 0.364. The average Bonchev–Trinajstić information content (AvgIpc) is 2.79. The van der Waals surface area contributed by atoms with Gasteiger partial charge < -0.3 is 28.6 Å². The molecule has 0 N–H and O–H groups in total. The Hall–Kier alpha value is -3.42. The molecule has 0 saturated carbocycles. The summed E-state index contributed by atoms with van der Waals surface area (Å²) in [4.78, 5) is 26.6. The molecule has 2 rings (SSSR count). The molecule has 0 radical (unpaired) electrons. The molecule has 2 aromatic rings. The van der Waals surface area contributed by atoms with Crippen molar-refractivity contribution in [2.24, 2.45) is 0 Å². The van der Waals surface area contributed by atoms with Gasteiger partial charge in [-0.1, -0.05) is 6.07 Å². The van der Waals surface area contributed by atoms with Crippen LogP contribution in [0.25, 0.3) is 0 Å². The first-order chi connectivity index (χ1) is 14.5. The predicted molar refractivity (Wildman–Crippen MR) is 110 cm³/mol. The molecule has 0 aliphatic heterocycles.